The first kappa shape index (κ1) is 20.3. The number of esters is 1. The van der Waals surface area contributed by atoms with Gasteiger partial charge in [0.15, 0.2) is 0 Å². The molecule has 0 saturated carbocycles. The van der Waals surface area contributed by atoms with Gasteiger partial charge in [0.05, 0.1) is 5.69 Å². The summed E-state index contributed by atoms with van der Waals surface area (Å²) in [6.07, 6.45) is 0.106. The lowest BCUT2D eigenvalue weighted by molar-refractivity contribution is -0.162. The molecule has 0 aliphatic carbocycles. The van der Waals surface area contributed by atoms with Gasteiger partial charge in [0.25, 0.3) is 0 Å². The summed E-state index contributed by atoms with van der Waals surface area (Å²) < 4.78 is 11.5. The molecule has 0 amide bonds. The van der Waals surface area contributed by atoms with Crippen LogP contribution < -0.4 is 15.8 Å². The lowest BCUT2D eigenvalue weighted by Gasteiger charge is -2.33. The average molecular weight is 399 g/mol. The summed E-state index contributed by atoms with van der Waals surface area (Å²) in [6.45, 7) is 7.37. The van der Waals surface area contributed by atoms with Crippen LogP contribution in [-0.4, -0.2) is 22.7 Å². The molecule has 5 nitrogen and oxygen atoms in total. The van der Waals surface area contributed by atoms with Gasteiger partial charge < -0.3 is 20.5 Å². The predicted octanol–water partition coefficient (Wildman–Crippen LogP) is 3.95. The van der Waals surface area contributed by atoms with Crippen molar-refractivity contribution in [2.24, 2.45) is 5.73 Å². The molecule has 148 valence electrons. The summed E-state index contributed by atoms with van der Waals surface area (Å²) in [5, 5.41) is 3.17. The van der Waals surface area contributed by atoms with E-state index in [1.807, 2.05) is 76.2 Å². The molecular formula is C22H26N2O3S. The molecule has 2 atom stereocenters. The van der Waals surface area contributed by atoms with Crippen molar-refractivity contribution < 1.29 is 14.3 Å². The van der Waals surface area contributed by atoms with Crippen LogP contribution in [0.15, 0.2) is 48.5 Å². The van der Waals surface area contributed by atoms with Crippen LogP contribution in [0.4, 0.5) is 5.69 Å². The van der Waals surface area contributed by atoms with Gasteiger partial charge in [0.1, 0.15) is 28.0 Å². The third-order valence-electron chi connectivity index (χ3n) is 4.51. The van der Waals surface area contributed by atoms with Gasteiger partial charge in [-0.25, -0.2) is 4.79 Å². The maximum absolute atomic E-state index is 13.1. The summed E-state index contributed by atoms with van der Waals surface area (Å²) in [4.78, 5) is 13.7. The number of thiocarbonyl (C=S) groups is 1. The summed E-state index contributed by atoms with van der Waals surface area (Å²) in [7, 11) is 0. The quantitative estimate of drug-likeness (QED) is 0.600. The highest BCUT2D eigenvalue weighted by Crippen LogP contribution is 2.35. The van der Waals surface area contributed by atoms with Gasteiger partial charge >= 0.3 is 5.97 Å². The first-order chi connectivity index (χ1) is 13.1. The molecule has 2 aromatic rings. The summed E-state index contributed by atoms with van der Waals surface area (Å²) >= 11 is 5.31. The van der Waals surface area contributed by atoms with Crippen LogP contribution in [0.2, 0.25) is 0 Å². The highest BCUT2D eigenvalue weighted by atomic mass is 32.1. The van der Waals surface area contributed by atoms with Crippen molar-refractivity contribution >= 4 is 28.9 Å². The number of benzene rings is 2. The Bertz CT molecular complexity index is 892. The van der Waals surface area contributed by atoms with Crippen LogP contribution in [0.25, 0.3) is 0 Å². The number of fused-ring (bicyclic) bond motifs is 1. The SMILES string of the molecule is CC1Oc2ccc(C(N)(Cc3ccccc3)C(=O)OC(C)(C)C)cc2NC1=S. The van der Waals surface area contributed by atoms with Gasteiger partial charge in [0.2, 0.25) is 0 Å². The zero-order valence-corrected chi connectivity index (χ0v) is 17.4. The third kappa shape index (κ3) is 4.34. The van der Waals surface area contributed by atoms with Crippen LogP contribution in [0, 0.1) is 0 Å². The maximum atomic E-state index is 13.1. The van der Waals surface area contributed by atoms with E-state index in [0.29, 0.717) is 28.4 Å². The Labute approximate surface area is 171 Å². The second-order valence-corrected chi connectivity index (χ2v) is 8.54. The van der Waals surface area contributed by atoms with Gasteiger partial charge in [-0.3, -0.25) is 0 Å². The van der Waals surface area contributed by atoms with Crippen LogP contribution in [0.5, 0.6) is 5.75 Å². The van der Waals surface area contributed by atoms with Crippen molar-refractivity contribution in [3.8, 4) is 5.75 Å². The van der Waals surface area contributed by atoms with Gasteiger partial charge in [0, 0.05) is 6.42 Å². The monoisotopic (exact) mass is 398 g/mol. The standard InChI is InChI=1S/C22H26N2O3S/c1-14-19(28)24-17-12-16(10-11-18(17)26-14)22(23,20(25)27-21(2,3)4)13-15-8-6-5-7-9-15/h5-12,14H,13,23H2,1-4H3,(H,24,28). The molecule has 0 spiro atoms. The van der Waals surface area contributed by atoms with Crippen LogP contribution in [-0.2, 0) is 21.5 Å². The second kappa shape index (κ2) is 7.53. The molecular weight excluding hydrogens is 372 g/mol. The van der Waals surface area contributed by atoms with E-state index in [1.54, 1.807) is 0 Å². The van der Waals surface area contributed by atoms with Gasteiger partial charge in [-0.05, 0) is 51.0 Å². The molecule has 0 saturated heterocycles. The number of nitrogens with two attached hydrogens (primary N) is 1. The van der Waals surface area contributed by atoms with E-state index in [2.05, 4.69) is 5.32 Å². The van der Waals surface area contributed by atoms with Crippen molar-refractivity contribution in [3.63, 3.8) is 0 Å². The lowest BCUT2D eigenvalue weighted by Crippen LogP contribution is -2.50. The largest absolute Gasteiger partial charge is 0.481 e. The zero-order valence-electron chi connectivity index (χ0n) is 16.6. The van der Waals surface area contributed by atoms with E-state index >= 15 is 0 Å². The Hall–Kier alpha value is -2.44. The van der Waals surface area contributed by atoms with Crippen molar-refractivity contribution in [3.05, 3.63) is 59.7 Å². The fourth-order valence-electron chi connectivity index (χ4n) is 3.07. The number of rotatable bonds is 4. The minimum absolute atomic E-state index is 0.203. The van der Waals surface area contributed by atoms with E-state index in [4.69, 9.17) is 27.4 Å². The number of hydrogen-bond donors (Lipinski definition) is 2. The fourth-order valence-corrected chi connectivity index (χ4v) is 3.22. The molecule has 0 bridgehead atoms. The minimum Gasteiger partial charge on any atom is -0.481 e. The smallest absolute Gasteiger partial charge is 0.331 e. The van der Waals surface area contributed by atoms with E-state index in [0.717, 1.165) is 5.56 Å². The highest BCUT2D eigenvalue weighted by Gasteiger charge is 2.40. The number of hydrogen-bond acceptors (Lipinski definition) is 5. The van der Waals surface area contributed by atoms with Crippen LogP contribution in [0.3, 0.4) is 0 Å². The molecule has 2 unspecified atom stereocenters. The Balaban J connectivity index is 2.02. The molecule has 3 rings (SSSR count). The number of carbonyl (C=O) groups excluding carboxylic acids is 1. The number of nitrogens with one attached hydrogen (secondary N) is 1. The number of carbonyl (C=O) groups is 1. The summed E-state index contributed by atoms with van der Waals surface area (Å²) in [6, 6.07) is 15.1. The Morgan fingerprint density at radius 2 is 1.89 bits per heavy atom. The third-order valence-corrected chi connectivity index (χ3v) is 4.95. The molecule has 0 aromatic heterocycles. The Morgan fingerprint density at radius 3 is 2.54 bits per heavy atom. The molecule has 1 heterocycles. The van der Waals surface area contributed by atoms with Crippen LogP contribution >= 0.6 is 12.2 Å². The van der Waals surface area contributed by atoms with Crippen molar-refractivity contribution in [2.75, 3.05) is 5.32 Å². The molecule has 0 radical (unpaired) electrons. The number of anilines is 1. The van der Waals surface area contributed by atoms with Crippen molar-refractivity contribution in [1.29, 1.82) is 0 Å². The molecule has 3 N–H and O–H groups in total. The second-order valence-electron chi connectivity index (χ2n) is 8.10. The normalized spacial score (nSPS) is 18.3. The first-order valence-corrected chi connectivity index (χ1v) is 9.68. The van der Waals surface area contributed by atoms with Crippen LogP contribution in [0.1, 0.15) is 38.8 Å². The average Bonchev–Trinajstić information content (AvgIpc) is 2.61. The fraction of sp³-hybridized carbons (Fsp3) is 0.364. The van der Waals surface area contributed by atoms with Gasteiger partial charge in [-0.2, -0.15) is 0 Å². The minimum atomic E-state index is -1.35. The van der Waals surface area contributed by atoms with Gasteiger partial charge in [-0.1, -0.05) is 48.6 Å². The van der Waals surface area contributed by atoms with E-state index < -0.39 is 17.1 Å². The molecule has 6 heteroatoms. The Morgan fingerprint density at radius 1 is 1.21 bits per heavy atom. The molecule has 2 aromatic carbocycles. The van der Waals surface area contributed by atoms with E-state index in [-0.39, 0.29) is 6.10 Å². The predicted molar refractivity (Wildman–Crippen MR) is 115 cm³/mol. The summed E-state index contributed by atoms with van der Waals surface area (Å²) in [5.74, 6) is 0.201. The topological polar surface area (TPSA) is 73.6 Å². The molecule has 28 heavy (non-hydrogen) atoms. The Kier molecular flexibility index (Phi) is 5.46. The maximum Gasteiger partial charge on any atom is 0.331 e. The first-order valence-electron chi connectivity index (χ1n) is 9.27. The van der Waals surface area contributed by atoms with Crippen molar-refractivity contribution in [1.82, 2.24) is 0 Å². The molecule has 1 aliphatic heterocycles. The molecule has 0 fully saturated rings. The number of ether oxygens (including phenoxy) is 2. The summed E-state index contributed by atoms with van der Waals surface area (Å²) in [5.41, 5.74) is 7.01. The van der Waals surface area contributed by atoms with Gasteiger partial charge in [-0.15, -0.1) is 0 Å². The lowest BCUT2D eigenvalue weighted by atomic mass is 9.84. The van der Waals surface area contributed by atoms with E-state index in [1.165, 1.54) is 0 Å². The van der Waals surface area contributed by atoms with Crippen molar-refractivity contribution in [2.45, 2.75) is 51.4 Å². The molecule has 1 aliphatic rings. The zero-order chi connectivity index (χ0) is 20.5. The highest BCUT2D eigenvalue weighted by molar-refractivity contribution is 7.80. The van der Waals surface area contributed by atoms with E-state index in [9.17, 15) is 4.79 Å².